The second kappa shape index (κ2) is 4.22. The molecule has 0 saturated carbocycles. The maximum atomic E-state index is 5.67. The maximum Gasteiger partial charge on any atom is 0.0710 e. The number of hydrogen-bond acceptors (Lipinski definition) is 2. The number of pyridine rings is 1. The van der Waals surface area contributed by atoms with Crippen LogP contribution in [0.4, 0.5) is 0 Å². The van der Waals surface area contributed by atoms with Gasteiger partial charge in [-0.2, -0.15) is 0 Å². The van der Waals surface area contributed by atoms with E-state index < -0.39 is 0 Å². The first-order valence-electron chi connectivity index (χ1n) is 5.70. The second-order valence-corrected chi connectivity index (χ2v) is 4.52. The van der Waals surface area contributed by atoms with E-state index in [0.29, 0.717) is 12.5 Å². The molecule has 2 nitrogen and oxygen atoms in total. The molecule has 2 heteroatoms. The number of rotatable bonds is 2. The number of aryl methyl sites for hydroxylation is 2. The van der Waals surface area contributed by atoms with Crippen molar-refractivity contribution >= 4 is 10.9 Å². The number of fused-ring (bicyclic) bond motifs is 1. The van der Waals surface area contributed by atoms with Crippen molar-refractivity contribution in [1.29, 1.82) is 0 Å². The van der Waals surface area contributed by atoms with Crippen LogP contribution in [0.1, 0.15) is 29.7 Å². The lowest BCUT2D eigenvalue weighted by molar-refractivity contribution is 0.749. The fourth-order valence-electron chi connectivity index (χ4n) is 2.01. The average molecular weight is 214 g/mol. The molecular formula is C14H18N2. The molecule has 0 aliphatic heterocycles. The van der Waals surface area contributed by atoms with Gasteiger partial charge in [0.2, 0.25) is 0 Å². The van der Waals surface area contributed by atoms with E-state index in [4.69, 9.17) is 5.73 Å². The minimum absolute atomic E-state index is 0.324. The molecule has 2 aromatic rings. The summed E-state index contributed by atoms with van der Waals surface area (Å²) in [6.45, 7) is 6.98. The molecule has 0 fully saturated rings. The lowest BCUT2D eigenvalue weighted by Gasteiger charge is -2.10. The Bertz CT molecular complexity index is 517. The number of hydrogen-bond donors (Lipinski definition) is 1. The van der Waals surface area contributed by atoms with E-state index in [2.05, 4.69) is 50.0 Å². The normalized spacial score (nSPS) is 13.0. The summed E-state index contributed by atoms with van der Waals surface area (Å²) in [7, 11) is 0. The van der Waals surface area contributed by atoms with E-state index in [9.17, 15) is 0 Å². The van der Waals surface area contributed by atoms with Crippen molar-refractivity contribution < 1.29 is 0 Å². The summed E-state index contributed by atoms with van der Waals surface area (Å²) in [4.78, 5) is 4.69. The van der Waals surface area contributed by atoms with E-state index in [-0.39, 0.29) is 0 Å². The Kier molecular flexibility index (Phi) is 2.92. The van der Waals surface area contributed by atoms with Crippen molar-refractivity contribution in [2.75, 3.05) is 6.54 Å². The average Bonchev–Trinajstić information content (AvgIpc) is 2.27. The van der Waals surface area contributed by atoms with E-state index in [1.54, 1.807) is 0 Å². The van der Waals surface area contributed by atoms with Gasteiger partial charge in [-0.15, -0.1) is 0 Å². The van der Waals surface area contributed by atoms with E-state index in [1.165, 1.54) is 16.5 Å². The van der Waals surface area contributed by atoms with Gasteiger partial charge in [0.15, 0.2) is 0 Å². The van der Waals surface area contributed by atoms with Gasteiger partial charge in [0.1, 0.15) is 0 Å². The Morgan fingerprint density at radius 3 is 2.69 bits per heavy atom. The number of nitrogens with two attached hydrogens (primary N) is 1. The molecule has 0 amide bonds. The third-order valence-electron chi connectivity index (χ3n) is 3.04. The summed E-state index contributed by atoms with van der Waals surface area (Å²) in [6, 6.07) is 8.56. The van der Waals surface area contributed by atoms with Crippen LogP contribution in [0.5, 0.6) is 0 Å². The molecule has 1 aromatic carbocycles. The molecule has 0 spiro atoms. The number of aromatic nitrogens is 1. The molecule has 0 aliphatic carbocycles. The molecule has 1 heterocycles. The van der Waals surface area contributed by atoms with Crippen LogP contribution in [-0.4, -0.2) is 11.5 Å². The van der Waals surface area contributed by atoms with Crippen molar-refractivity contribution in [2.45, 2.75) is 26.7 Å². The van der Waals surface area contributed by atoms with Gasteiger partial charge in [-0.05, 0) is 37.1 Å². The van der Waals surface area contributed by atoms with Crippen molar-refractivity contribution in [3.05, 3.63) is 41.1 Å². The Hall–Kier alpha value is -1.41. The Morgan fingerprint density at radius 1 is 1.25 bits per heavy atom. The van der Waals surface area contributed by atoms with Gasteiger partial charge in [0.25, 0.3) is 0 Å². The molecular weight excluding hydrogens is 196 g/mol. The molecule has 2 rings (SSSR count). The fourth-order valence-corrected chi connectivity index (χ4v) is 2.01. The van der Waals surface area contributed by atoms with Crippen LogP contribution in [0, 0.1) is 13.8 Å². The van der Waals surface area contributed by atoms with Gasteiger partial charge in [-0.25, -0.2) is 0 Å². The van der Waals surface area contributed by atoms with Crippen LogP contribution >= 0.6 is 0 Å². The first-order chi connectivity index (χ1) is 7.61. The number of benzene rings is 1. The topological polar surface area (TPSA) is 38.9 Å². The third kappa shape index (κ3) is 1.93. The predicted octanol–water partition coefficient (Wildman–Crippen LogP) is 2.91. The van der Waals surface area contributed by atoms with Crippen LogP contribution in [0.25, 0.3) is 10.9 Å². The lowest BCUT2D eigenvalue weighted by atomic mass is 10.0. The minimum Gasteiger partial charge on any atom is -0.330 e. The molecule has 0 radical (unpaired) electrons. The van der Waals surface area contributed by atoms with Gasteiger partial charge < -0.3 is 5.73 Å². The molecule has 1 atom stereocenters. The zero-order valence-electron chi connectivity index (χ0n) is 10.1. The summed E-state index contributed by atoms with van der Waals surface area (Å²) in [6.07, 6.45) is 0. The van der Waals surface area contributed by atoms with Gasteiger partial charge in [0, 0.05) is 23.5 Å². The highest BCUT2D eigenvalue weighted by Gasteiger charge is 2.07. The zero-order chi connectivity index (χ0) is 11.7. The Balaban J connectivity index is 2.61. The van der Waals surface area contributed by atoms with Crippen LogP contribution in [0.2, 0.25) is 0 Å². The van der Waals surface area contributed by atoms with Crippen LogP contribution in [-0.2, 0) is 0 Å². The second-order valence-electron chi connectivity index (χ2n) is 4.52. The predicted molar refractivity (Wildman–Crippen MR) is 68.7 cm³/mol. The molecule has 1 unspecified atom stereocenters. The standard InChI is InChI=1S/C14H18N2/c1-9-6-10(2)12-4-5-13(11(3)8-15)16-14(12)7-9/h4-7,11H,8,15H2,1-3H3. The molecule has 84 valence electrons. The largest absolute Gasteiger partial charge is 0.330 e. The number of nitrogens with zero attached hydrogens (tertiary/aromatic N) is 1. The highest BCUT2D eigenvalue weighted by atomic mass is 14.7. The maximum absolute atomic E-state index is 5.67. The molecule has 0 bridgehead atoms. The summed E-state index contributed by atoms with van der Waals surface area (Å²) in [5.74, 6) is 0.324. The third-order valence-corrected chi connectivity index (χ3v) is 3.04. The first kappa shape index (κ1) is 11.1. The molecule has 16 heavy (non-hydrogen) atoms. The molecule has 1 aromatic heterocycles. The summed E-state index contributed by atoms with van der Waals surface area (Å²) >= 11 is 0. The van der Waals surface area contributed by atoms with Gasteiger partial charge in [-0.1, -0.05) is 19.1 Å². The van der Waals surface area contributed by atoms with Crippen molar-refractivity contribution in [2.24, 2.45) is 5.73 Å². The van der Waals surface area contributed by atoms with E-state index in [0.717, 1.165) is 11.2 Å². The van der Waals surface area contributed by atoms with Crippen molar-refractivity contribution in [3.8, 4) is 0 Å². The molecule has 2 N–H and O–H groups in total. The quantitative estimate of drug-likeness (QED) is 0.834. The summed E-state index contributed by atoms with van der Waals surface area (Å²) < 4.78 is 0. The SMILES string of the molecule is Cc1cc(C)c2ccc(C(C)CN)nc2c1. The van der Waals surface area contributed by atoms with Crippen LogP contribution in [0.15, 0.2) is 24.3 Å². The monoisotopic (exact) mass is 214 g/mol. The lowest BCUT2D eigenvalue weighted by Crippen LogP contribution is -2.10. The summed E-state index contributed by atoms with van der Waals surface area (Å²) in [5, 5.41) is 1.23. The van der Waals surface area contributed by atoms with Crippen molar-refractivity contribution in [3.63, 3.8) is 0 Å². The smallest absolute Gasteiger partial charge is 0.0710 e. The van der Waals surface area contributed by atoms with Gasteiger partial charge >= 0.3 is 0 Å². The van der Waals surface area contributed by atoms with Crippen LogP contribution < -0.4 is 5.73 Å². The van der Waals surface area contributed by atoms with Crippen molar-refractivity contribution in [1.82, 2.24) is 4.98 Å². The Labute approximate surface area is 96.5 Å². The van der Waals surface area contributed by atoms with Gasteiger partial charge in [-0.3, -0.25) is 4.98 Å². The van der Waals surface area contributed by atoms with Crippen LogP contribution in [0.3, 0.4) is 0 Å². The highest BCUT2D eigenvalue weighted by molar-refractivity contribution is 5.82. The molecule has 0 aliphatic rings. The van der Waals surface area contributed by atoms with E-state index >= 15 is 0 Å². The molecule has 0 saturated heterocycles. The Morgan fingerprint density at radius 2 is 2.00 bits per heavy atom. The minimum atomic E-state index is 0.324. The van der Waals surface area contributed by atoms with E-state index in [1.807, 2.05) is 0 Å². The zero-order valence-corrected chi connectivity index (χ0v) is 10.1. The fraction of sp³-hybridized carbons (Fsp3) is 0.357. The summed E-state index contributed by atoms with van der Waals surface area (Å²) in [5.41, 5.74) is 10.4. The highest BCUT2D eigenvalue weighted by Crippen LogP contribution is 2.21. The first-order valence-corrected chi connectivity index (χ1v) is 5.70. The van der Waals surface area contributed by atoms with Gasteiger partial charge in [0.05, 0.1) is 5.52 Å².